The van der Waals surface area contributed by atoms with Gasteiger partial charge in [-0.3, -0.25) is 4.79 Å². The first kappa shape index (κ1) is 10.9. The molecule has 1 aliphatic carbocycles. The van der Waals surface area contributed by atoms with Gasteiger partial charge in [0.25, 0.3) is 0 Å². The molecule has 0 N–H and O–H groups in total. The van der Waals surface area contributed by atoms with E-state index in [9.17, 15) is 4.79 Å². The summed E-state index contributed by atoms with van der Waals surface area (Å²) in [5.41, 5.74) is 0. The van der Waals surface area contributed by atoms with Gasteiger partial charge in [0, 0.05) is 18.9 Å². The zero-order valence-electron chi connectivity index (χ0n) is 8.88. The topological polar surface area (TPSA) is 30.2 Å². The lowest BCUT2D eigenvalue weighted by atomic mass is 9.88. The number of carbonyl (C=O) groups excluding carboxylic acids is 1. The van der Waals surface area contributed by atoms with Crippen LogP contribution in [0.4, 0.5) is 0 Å². The average Bonchev–Trinajstić information content (AvgIpc) is 2.62. The summed E-state index contributed by atoms with van der Waals surface area (Å²) in [5.74, 6) is 1.95. The fourth-order valence-electron chi connectivity index (χ4n) is 2.20. The van der Waals surface area contributed by atoms with E-state index in [1.165, 1.54) is 39.0 Å². The van der Waals surface area contributed by atoms with Gasteiger partial charge in [0.15, 0.2) is 11.5 Å². The Bertz CT molecular complexity index is 362. The molecule has 3 heteroatoms. The molecule has 1 aromatic rings. The third kappa shape index (κ3) is 2.33. The third-order valence-corrected chi connectivity index (χ3v) is 3.66. The predicted octanol–water partition coefficient (Wildman–Crippen LogP) is 4.29. The van der Waals surface area contributed by atoms with Crippen molar-refractivity contribution < 1.29 is 9.21 Å². The largest absolute Gasteiger partial charge is 0.456 e. The average molecular weight is 271 g/mol. The first-order chi connectivity index (χ1) is 7.18. The van der Waals surface area contributed by atoms with Gasteiger partial charge >= 0.3 is 0 Å². The highest BCUT2D eigenvalue weighted by Gasteiger charge is 2.22. The number of halogens is 1. The van der Waals surface area contributed by atoms with E-state index in [0.717, 1.165) is 10.2 Å². The van der Waals surface area contributed by atoms with Gasteiger partial charge in [0.1, 0.15) is 5.76 Å². The van der Waals surface area contributed by atoms with Crippen molar-refractivity contribution in [2.75, 3.05) is 0 Å². The minimum Gasteiger partial charge on any atom is -0.456 e. The normalized spacial score (nSPS) is 18.0. The summed E-state index contributed by atoms with van der Waals surface area (Å²) in [6.45, 7) is 1.54. The number of furan rings is 1. The molecule has 15 heavy (non-hydrogen) atoms. The van der Waals surface area contributed by atoms with Crippen LogP contribution in [-0.4, -0.2) is 5.78 Å². The summed E-state index contributed by atoms with van der Waals surface area (Å²) in [5, 5.41) is 0. The Labute approximate surface area is 98.2 Å². The zero-order chi connectivity index (χ0) is 10.8. The van der Waals surface area contributed by atoms with Crippen LogP contribution in [-0.2, 0) is 0 Å². The molecule has 0 atom stereocenters. The second kappa shape index (κ2) is 4.52. The van der Waals surface area contributed by atoms with E-state index in [4.69, 9.17) is 4.42 Å². The lowest BCUT2D eigenvalue weighted by molar-refractivity contribution is 0.0984. The molecule has 0 radical (unpaired) electrons. The molecule has 1 fully saturated rings. The highest BCUT2D eigenvalue weighted by molar-refractivity contribution is 9.10. The van der Waals surface area contributed by atoms with Crippen LogP contribution in [0, 0.1) is 0 Å². The van der Waals surface area contributed by atoms with Crippen LogP contribution in [0.2, 0.25) is 0 Å². The Morgan fingerprint density at radius 2 is 2.07 bits per heavy atom. The van der Waals surface area contributed by atoms with E-state index in [0.29, 0.717) is 11.7 Å². The molecular formula is C12H15BrO2. The second-order valence-electron chi connectivity index (χ2n) is 4.21. The van der Waals surface area contributed by atoms with Gasteiger partial charge in [-0.15, -0.1) is 0 Å². The SMILES string of the molecule is CC(=O)c1cc(Br)c(C2CCCCC2)o1. The molecule has 1 aliphatic rings. The monoisotopic (exact) mass is 270 g/mol. The molecule has 1 aromatic heterocycles. The van der Waals surface area contributed by atoms with Gasteiger partial charge in [0.05, 0.1) is 4.47 Å². The third-order valence-electron chi connectivity index (χ3n) is 3.04. The Hall–Kier alpha value is -0.570. The van der Waals surface area contributed by atoms with Gasteiger partial charge < -0.3 is 4.42 Å². The Balaban J connectivity index is 2.22. The maximum absolute atomic E-state index is 11.2. The molecule has 0 aliphatic heterocycles. The van der Waals surface area contributed by atoms with Crippen molar-refractivity contribution in [3.8, 4) is 0 Å². The molecule has 0 bridgehead atoms. The van der Waals surface area contributed by atoms with Crippen molar-refractivity contribution in [3.63, 3.8) is 0 Å². The van der Waals surface area contributed by atoms with E-state index in [1.807, 2.05) is 0 Å². The molecule has 0 spiro atoms. The number of carbonyl (C=O) groups is 1. The van der Waals surface area contributed by atoms with Crippen molar-refractivity contribution >= 4 is 21.7 Å². The lowest BCUT2D eigenvalue weighted by Gasteiger charge is -2.19. The van der Waals surface area contributed by atoms with Crippen LogP contribution in [0.1, 0.15) is 61.3 Å². The number of hydrogen-bond donors (Lipinski definition) is 0. The van der Waals surface area contributed by atoms with Gasteiger partial charge in [-0.05, 0) is 28.8 Å². The number of ketones is 1. The number of rotatable bonds is 2. The zero-order valence-corrected chi connectivity index (χ0v) is 10.5. The fourth-order valence-corrected chi connectivity index (χ4v) is 2.81. The van der Waals surface area contributed by atoms with Crippen LogP contribution in [0.5, 0.6) is 0 Å². The first-order valence-electron chi connectivity index (χ1n) is 5.48. The summed E-state index contributed by atoms with van der Waals surface area (Å²) < 4.78 is 6.58. The summed E-state index contributed by atoms with van der Waals surface area (Å²) >= 11 is 3.47. The molecular weight excluding hydrogens is 256 g/mol. The van der Waals surface area contributed by atoms with Crippen molar-refractivity contribution in [2.45, 2.75) is 44.9 Å². The molecule has 0 amide bonds. The van der Waals surface area contributed by atoms with Gasteiger partial charge in [-0.25, -0.2) is 0 Å². The van der Waals surface area contributed by atoms with Crippen molar-refractivity contribution in [1.82, 2.24) is 0 Å². The van der Waals surface area contributed by atoms with E-state index >= 15 is 0 Å². The van der Waals surface area contributed by atoms with E-state index < -0.39 is 0 Å². The maximum atomic E-state index is 11.2. The number of Topliss-reactive ketones (excluding diaryl/α,β-unsaturated/α-hetero) is 1. The summed E-state index contributed by atoms with van der Waals surface area (Å²) in [4.78, 5) is 11.2. The molecule has 0 aromatic carbocycles. The highest BCUT2D eigenvalue weighted by atomic mass is 79.9. The minimum absolute atomic E-state index is 0.00207. The number of hydrogen-bond acceptors (Lipinski definition) is 2. The fraction of sp³-hybridized carbons (Fsp3) is 0.583. The Kier molecular flexibility index (Phi) is 3.29. The van der Waals surface area contributed by atoms with Crippen LogP contribution in [0.25, 0.3) is 0 Å². The van der Waals surface area contributed by atoms with Crippen molar-refractivity contribution in [1.29, 1.82) is 0 Å². The molecule has 1 saturated carbocycles. The second-order valence-corrected chi connectivity index (χ2v) is 5.07. The molecule has 2 rings (SSSR count). The van der Waals surface area contributed by atoms with Gasteiger partial charge in [-0.1, -0.05) is 19.3 Å². The maximum Gasteiger partial charge on any atom is 0.194 e. The van der Waals surface area contributed by atoms with Crippen LogP contribution < -0.4 is 0 Å². The quantitative estimate of drug-likeness (QED) is 0.751. The standard InChI is InChI=1S/C12H15BrO2/c1-8(14)11-7-10(13)12(15-11)9-5-3-2-4-6-9/h7,9H,2-6H2,1H3. The van der Waals surface area contributed by atoms with E-state index in [-0.39, 0.29) is 5.78 Å². The smallest absolute Gasteiger partial charge is 0.194 e. The predicted molar refractivity (Wildman–Crippen MR) is 62.2 cm³/mol. The van der Waals surface area contributed by atoms with Gasteiger partial charge in [0.2, 0.25) is 0 Å². The van der Waals surface area contributed by atoms with Crippen LogP contribution >= 0.6 is 15.9 Å². The van der Waals surface area contributed by atoms with Crippen molar-refractivity contribution in [3.05, 3.63) is 22.1 Å². The molecule has 2 nitrogen and oxygen atoms in total. The first-order valence-corrected chi connectivity index (χ1v) is 6.28. The Morgan fingerprint density at radius 3 is 2.60 bits per heavy atom. The summed E-state index contributed by atoms with van der Waals surface area (Å²) in [6, 6.07) is 1.80. The van der Waals surface area contributed by atoms with Gasteiger partial charge in [-0.2, -0.15) is 0 Å². The van der Waals surface area contributed by atoms with Crippen LogP contribution in [0.15, 0.2) is 15.0 Å². The van der Waals surface area contributed by atoms with E-state index in [1.54, 1.807) is 6.07 Å². The molecule has 0 unspecified atom stereocenters. The van der Waals surface area contributed by atoms with Crippen molar-refractivity contribution in [2.24, 2.45) is 0 Å². The van der Waals surface area contributed by atoms with Crippen LogP contribution in [0.3, 0.4) is 0 Å². The highest BCUT2D eigenvalue weighted by Crippen LogP contribution is 2.38. The Morgan fingerprint density at radius 1 is 1.40 bits per heavy atom. The minimum atomic E-state index is -0.00207. The van der Waals surface area contributed by atoms with E-state index in [2.05, 4.69) is 15.9 Å². The molecule has 82 valence electrons. The molecule has 1 heterocycles. The lowest BCUT2D eigenvalue weighted by Crippen LogP contribution is -2.03. The molecule has 0 saturated heterocycles. The summed E-state index contributed by atoms with van der Waals surface area (Å²) in [7, 11) is 0. The summed E-state index contributed by atoms with van der Waals surface area (Å²) in [6.07, 6.45) is 6.24.